The first kappa shape index (κ1) is 38.6. The maximum Gasteiger partial charge on any atom is 0.333 e. The van der Waals surface area contributed by atoms with Gasteiger partial charge in [0.05, 0.1) is 5.54 Å². The summed E-state index contributed by atoms with van der Waals surface area (Å²) in [6, 6.07) is 50.6. The largest absolute Gasteiger partial charge is 0.376 e. The van der Waals surface area contributed by atoms with Crippen LogP contribution in [0.1, 0.15) is 127 Å². The molecule has 2 atom stereocenters. The minimum atomic E-state index is -0.141. The number of hydrogen-bond donors (Lipinski definition) is 0. The van der Waals surface area contributed by atoms with Gasteiger partial charge in [0, 0.05) is 44.6 Å². The molecule has 13 rings (SSSR count). The van der Waals surface area contributed by atoms with E-state index in [1.54, 1.807) is 5.56 Å². The summed E-state index contributed by atoms with van der Waals surface area (Å²) < 4.78 is 0. The lowest BCUT2D eigenvalue weighted by atomic mass is 9.43. The van der Waals surface area contributed by atoms with Gasteiger partial charge in [-0.25, -0.2) is 0 Å². The molecule has 2 nitrogen and oxygen atoms in total. The number of nitrogens with zero attached hydrogens (tertiary/aromatic N) is 2. The van der Waals surface area contributed by atoms with E-state index in [0.717, 1.165) is 0 Å². The van der Waals surface area contributed by atoms with Crippen LogP contribution in [-0.4, -0.2) is 12.4 Å². The fraction of sp³-hybridized carbons (Fsp3) is 0.311. The Kier molecular flexibility index (Phi) is 7.43. The predicted octanol–water partition coefficient (Wildman–Crippen LogP) is 14.6. The quantitative estimate of drug-likeness (QED) is 0.160. The topological polar surface area (TPSA) is 6.48 Å². The van der Waals surface area contributed by atoms with Crippen LogP contribution >= 0.6 is 0 Å². The van der Waals surface area contributed by atoms with E-state index in [2.05, 4.69) is 206 Å². The van der Waals surface area contributed by atoms with Crippen LogP contribution in [-0.2, 0) is 21.7 Å². The fourth-order valence-electron chi connectivity index (χ4n) is 14.1. The van der Waals surface area contributed by atoms with E-state index in [4.69, 9.17) is 0 Å². The van der Waals surface area contributed by atoms with Crippen molar-refractivity contribution in [3.8, 4) is 44.5 Å². The minimum absolute atomic E-state index is 0.00555. The molecular weight excluding hydrogens is 771 g/mol. The summed E-state index contributed by atoms with van der Waals surface area (Å²) in [6.45, 7) is 24.5. The van der Waals surface area contributed by atoms with Gasteiger partial charge in [0.2, 0.25) is 0 Å². The van der Waals surface area contributed by atoms with E-state index >= 15 is 0 Å². The lowest BCUT2D eigenvalue weighted by Crippen LogP contribution is -2.64. The normalized spacial score (nSPS) is 21.9. The van der Waals surface area contributed by atoms with Crippen molar-refractivity contribution in [1.29, 1.82) is 0 Å². The third kappa shape index (κ3) is 4.64. The van der Waals surface area contributed by atoms with Crippen molar-refractivity contribution in [2.75, 3.05) is 9.71 Å². The van der Waals surface area contributed by atoms with Gasteiger partial charge < -0.3 is 9.71 Å². The van der Waals surface area contributed by atoms with E-state index in [9.17, 15) is 0 Å². The van der Waals surface area contributed by atoms with Crippen LogP contribution in [0.3, 0.4) is 0 Å². The first-order valence-corrected chi connectivity index (χ1v) is 24.1. The second kappa shape index (κ2) is 12.3. The van der Waals surface area contributed by atoms with Gasteiger partial charge in [0.1, 0.15) is 0 Å². The smallest absolute Gasteiger partial charge is 0.333 e. The number of rotatable bonds is 2. The molecule has 0 saturated heterocycles. The Hall–Kier alpha value is -5.80. The Labute approximate surface area is 381 Å². The van der Waals surface area contributed by atoms with E-state index in [-0.39, 0.29) is 34.0 Å². The van der Waals surface area contributed by atoms with Crippen molar-refractivity contribution < 1.29 is 0 Å². The predicted molar refractivity (Wildman–Crippen MR) is 272 cm³/mol. The molecule has 3 heterocycles. The highest BCUT2D eigenvalue weighted by Crippen LogP contribution is 2.64. The Balaban J connectivity index is 1.19. The zero-order valence-corrected chi connectivity index (χ0v) is 39.4. The van der Waals surface area contributed by atoms with E-state index < -0.39 is 0 Å². The summed E-state index contributed by atoms with van der Waals surface area (Å²) in [5.74, 6) is 0. The maximum absolute atomic E-state index is 2.91. The average Bonchev–Trinajstić information content (AvgIpc) is 3.74. The molecule has 316 valence electrons. The van der Waals surface area contributed by atoms with Gasteiger partial charge in [0.25, 0.3) is 0 Å². The molecule has 0 radical (unpaired) electrons. The van der Waals surface area contributed by atoms with Crippen LogP contribution in [0.15, 0.2) is 127 Å². The molecule has 64 heavy (non-hydrogen) atoms. The molecule has 6 aliphatic rings. The molecule has 3 heteroatoms. The number of anilines is 4. The van der Waals surface area contributed by atoms with Crippen LogP contribution in [0.2, 0.25) is 0 Å². The summed E-state index contributed by atoms with van der Waals surface area (Å²) in [6.07, 6.45) is 4.91. The molecular formula is C61H59BN2. The van der Waals surface area contributed by atoms with Gasteiger partial charge in [-0.05, 0) is 157 Å². The number of aryl methyl sites for hydroxylation is 1. The van der Waals surface area contributed by atoms with Crippen molar-refractivity contribution in [2.24, 2.45) is 0 Å². The molecule has 0 amide bonds. The van der Waals surface area contributed by atoms with Crippen LogP contribution in [0.4, 0.5) is 22.7 Å². The van der Waals surface area contributed by atoms with Gasteiger partial charge >= 0.3 is 6.85 Å². The number of fused-ring (bicyclic) bond motifs is 13. The van der Waals surface area contributed by atoms with Crippen LogP contribution in [0.25, 0.3) is 44.5 Å². The van der Waals surface area contributed by atoms with Crippen molar-refractivity contribution >= 4 is 40.5 Å². The molecule has 0 aromatic heterocycles. The Morgan fingerprint density at radius 2 is 1.14 bits per heavy atom. The van der Waals surface area contributed by atoms with Crippen molar-refractivity contribution in [3.63, 3.8) is 0 Å². The number of benzene rings is 7. The number of hydrogen-bond acceptors (Lipinski definition) is 2. The first-order chi connectivity index (χ1) is 30.5. The molecule has 2 unspecified atom stereocenters. The van der Waals surface area contributed by atoms with Crippen LogP contribution in [0.5, 0.6) is 0 Å². The molecule has 3 aliphatic carbocycles. The second-order valence-corrected chi connectivity index (χ2v) is 22.9. The van der Waals surface area contributed by atoms with Crippen LogP contribution < -0.4 is 20.6 Å². The summed E-state index contributed by atoms with van der Waals surface area (Å²) in [5.41, 5.74) is 28.9. The molecule has 7 aromatic rings. The van der Waals surface area contributed by atoms with Crippen molar-refractivity contribution in [3.05, 3.63) is 166 Å². The first-order valence-electron chi connectivity index (χ1n) is 24.1. The molecule has 0 spiro atoms. The van der Waals surface area contributed by atoms with Crippen molar-refractivity contribution in [2.45, 2.75) is 122 Å². The van der Waals surface area contributed by atoms with E-state index in [0.29, 0.717) is 0 Å². The Morgan fingerprint density at radius 3 is 1.84 bits per heavy atom. The SMILES string of the molecule is Cc1ccccc1-c1cc2c3c(c1)N1c4c(cc(C(C)(C)C)cc4C4(C)CCCCC14C)B3N(c1ccc3c(c1)C(C)(C)c1ccccc1-3)c1cc3c(cc1-2)-c1ccccc1C3(C)C. The highest BCUT2D eigenvalue weighted by molar-refractivity contribution is 6.93. The van der Waals surface area contributed by atoms with Gasteiger partial charge in [-0.2, -0.15) is 0 Å². The highest BCUT2D eigenvalue weighted by atomic mass is 15.3. The van der Waals surface area contributed by atoms with E-state index in [1.807, 2.05) is 0 Å². The standard InChI is InChI=1S/C61H59BN2/c1-36-19-11-12-20-40(36)37-29-46-45-34-44-42-22-14-16-24-48(42)59(7,8)50(44)35-53(45)64(39-25-26-43-41-21-13-15-23-47(41)58(5,6)49(43)33-39)62-52-32-38(57(2,3)4)31-51-56(52)63(54(30-37)55(46)62)61(10)28-18-17-27-60(51,61)9/h11-16,19-26,29-35H,17-18,27-28H2,1-10H3. The fourth-order valence-corrected chi connectivity index (χ4v) is 14.1. The molecule has 0 N–H and O–H groups in total. The summed E-state index contributed by atoms with van der Waals surface area (Å²) in [4.78, 5) is 5.73. The molecule has 3 aliphatic heterocycles. The monoisotopic (exact) mass is 830 g/mol. The van der Waals surface area contributed by atoms with Gasteiger partial charge in [-0.3, -0.25) is 0 Å². The average molecular weight is 831 g/mol. The zero-order valence-electron chi connectivity index (χ0n) is 39.4. The van der Waals surface area contributed by atoms with Crippen LogP contribution in [0, 0.1) is 6.92 Å². The Bertz CT molecular complexity index is 3230. The summed E-state index contributed by atoms with van der Waals surface area (Å²) >= 11 is 0. The third-order valence-electron chi connectivity index (χ3n) is 17.9. The van der Waals surface area contributed by atoms with Gasteiger partial charge in [-0.1, -0.05) is 159 Å². The maximum atomic E-state index is 2.91. The molecule has 1 saturated carbocycles. The second-order valence-electron chi connectivity index (χ2n) is 22.9. The minimum Gasteiger partial charge on any atom is -0.376 e. The third-order valence-corrected chi connectivity index (χ3v) is 17.9. The highest BCUT2D eigenvalue weighted by Gasteiger charge is 2.62. The van der Waals surface area contributed by atoms with Crippen molar-refractivity contribution in [1.82, 2.24) is 0 Å². The molecule has 1 fully saturated rings. The molecule has 0 bridgehead atoms. The lowest BCUT2D eigenvalue weighted by Gasteiger charge is -2.53. The van der Waals surface area contributed by atoms with Gasteiger partial charge in [0.15, 0.2) is 0 Å². The summed E-state index contributed by atoms with van der Waals surface area (Å²) in [7, 11) is 0. The lowest BCUT2D eigenvalue weighted by molar-refractivity contribution is 0.195. The molecule has 7 aromatic carbocycles. The Morgan fingerprint density at radius 1 is 0.516 bits per heavy atom. The zero-order chi connectivity index (χ0) is 44.0. The summed E-state index contributed by atoms with van der Waals surface area (Å²) in [5, 5.41) is 0. The van der Waals surface area contributed by atoms with E-state index in [1.165, 1.54) is 137 Å². The van der Waals surface area contributed by atoms with Gasteiger partial charge in [-0.15, -0.1) is 0 Å².